The first-order valence-corrected chi connectivity index (χ1v) is 6.39. The standard InChI is InChI=1S/C15H20FN3/c1-10(17)13-7-11(5-6-14(13)16)12-8-18-19(9-12)15(2,3)4/h5-10H,17H2,1-4H3. The highest BCUT2D eigenvalue weighted by atomic mass is 19.1. The maximum Gasteiger partial charge on any atom is 0.128 e. The van der Waals surface area contributed by atoms with Crippen molar-refractivity contribution >= 4 is 0 Å². The smallest absolute Gasteiger partial charge is 0.128 e. The van der Waals surface area contributed by atoms with Gasteiger partial charge in [0.25, 0.3) is 0 Å². The topological polar surface area (TPSA) is 43.8 Å². The van der Waals surface area contributed by atoms with Crippen LogP contribution in [0.2, 0.25) is 0 Å². The third kappa shape index (κ3) is 2.84. The summed E-state index contributed by atoms with van der Waals surface area (Å²) < 4.78 is 15.5. The summed E-state index contributed by atoms with van der Waals surface area (Å²) in [6.45, 7) is 8.03. The Morgan fingerprint density at radius 3 is 2.47 bits per heavy atom. The van der Waals surface area contributed by atoms with Crippen LogP contribution < -0.4 is 5.73 Å². The Morgan fingerprint density at radius 1 is 1.26 bits per heavy atom. The Balaban J connectivity index is 2.42. The van der Waals surface area contributed by atoms with Crippen molar-refractivity contribution in [3.8, 4) is 11.1 Å². The maximum absolute atomic E-state index is 13.6. The second-order valence-corrected chi connectivity index (χ2v) is 5.87. The maximum atomic E-state index is 13.6. The van der Waals surface area contributed by atoms with Crippen molar-refractivity contribution < 1.29 is 4.39 Å². The summed E-state index contributed by atoms with van der Waals surface area (Å²) in [7, 11) is 0. The van der Waals surface area contributed by atoms with Crippen molar-refractivity contribution in [1.29, 1.82) is 0 Å². The zero-order valence-electron chi connectivity index (χ0n) is 11.8. The summed E-state index contributed by atoms with van der Waals surface area (Å²) in [4.78, 5) is 0. The van der Waals surface area contributed by atoms with Gasteiger partial charge >= 0.3 is 0 Å². The van der Waals surface area contributed by atoms with Crippen LogP contribution in [0.4, 0.5) is 4.39 Å². The molecule has 2 aromatic rings. The number of benzene rings is 1. The molecule has 0 saturated carbocycles. The highest BCUT2D eigenvalue weighted by Gasteiger charge is 2.15. The van der Waals surface area contributed by atoms with Crippen LogP contribution in [0.5, 0.6) is 0 Å². The molecule has 0 fully saturated rings. The van der Waals surface area contributed by atoms with Gasteiger partial charge in [-0.2, -0.15) is 5.10 Å². The van der Waals surface area contributed by atoms with E-state index in [9.17, 15) is 4.39 Å². The summed E-state index contributed by atoms with van der Waals surface area (Å²) in [5.41, 5.74) is 8.14. The van der Waals surface area contributed by atoms with Crippen molar-refractivity contribution in [3.05, 3.63) is 42.0 Å². The number of aromatic nitrogens is 2. The largest absolute Gasteiger partial charge is 0.324 e. The quantitative estimate of drug-likeness (QED) is 0.899. The van der Waals surface area contributed by atoms with Gasteiger partial charge in [-0.25, -0.2) is 4.39 Å². The molecule has 19 heavy (non-hydrogen) atoms. The van der Waals surface area contributed by atoms with E-state index in [1.807, 2.05) is 10.9 Å². The first kappa shape index (κ1) is 13.7. The minimum atomic E-state index is -0.322. The number of nitrogens with two attached hydrogens (primary N) is 1. The Bertz CT molecular complexity index is 579. The molecule has 0 aliphatic heterocycles. The van der Waals surface area contributed by atoms with Gasteiger partial charge < -0.3 is 5.73 Å². The van der Waals surface area contributed by atoms with Crippen LogP contribution >= 0.6 is 0 Å². The minimum Gasteiger partial charge on any atom is -0.324 e. The SMILES string of the molecule is CC(N)c1cc(-c2cnn(C(C)(C)C)c2)ccc1F. The van der Waals surface area contributed by atoms with E-state index in [2.05, 4.69) is 25.9 Å². The number of hydrogen-bond donors (Lipinski definition) is 1. The lowest BCUT2D eigenvalue weighted by atomic mass is 10.0. The lowest BCUT2D eigenvalue weighted by Gasteiger charge is -2.18. The molecule has 0 radical (unpaired) electrons. The molecule has 0 saturated heterocycles. The molecule has 2 N–H and O–H groups in total. The van der Waals surface area contributed by atoms with Gasteiger partial charge in [0.15, 0.2) is 0 Å². The van der Waals surface area contributed by atoms with Gasteiger partial charge in [-0.05, 0) is 45.4 Å². The van der Waals surface area contributed by atoms with Crippen LogP contribution in [-0.4, -0.2) is 9.78 Å². The average Bonchev–Trinajstić information content (AvgIpc) is 2.78. The van der Waals surface area contributed by atoms with E-state index in [0.717, 1.165) is 11.1 Å². The van der Waals surface area contributed by atoms with Gasteiger partial charge in [0, 0.05) is 23.4 Å². The van der Waals surface area contributed by atoms with Crippen LogP contribution in [0.15, 0.2) is 30.6 Å². The third-order valence-electron chi connectivity index (χ3n) is 3.09. The fourth-order valence-corrected chi connectivity index (χ4v) is 1.91. The second-order valence-electron chi connectivity index (χ2n) is 5.87. The zero-order valence-corrected chi connectivity index (χ0v) is 11.8. The van der Waals surface area contributed by atoms with Gasteiger partial charge in [-0.3, -0.25) is 4.68 Å². The first-order chi connectivity index (χ1) is 8.79. The predicted octanol–water partition coefficient (Wildman–Crippen LogP) is 3.46. The molecular formula is C15H20FN3. The molecule has 102 valence electrons. The summed E-state index contributed by atoms with van der Waals surface area (Å²) in [6, 6.07) is 4.69. The van der Waals surface area contributed by atoms with Crippen LogP contribution in [-0.2, 0) is 5.54 Å². The van der Waals surface area contributed by atoms with E-state index in [4.69, 9.17) is 5.73 Å². The Kier molecular flexibility index (Phi) is 3.45. The van der Waals surface area contributed by atoms with Crippen LogP contribution in [0.3, 0.4) is 0 Å². The summed E-state index contributed by atoms with van der Waals surface area (Å²) in [5, 5.41) is 4.35. The van der Waals surface area contributed by atoms with Gasteiger partial charge in [-0.15, -0.1) is 0 Å². The molecule has 0 spiro atoms. The normalized spacial score (nSPS) is 13.6. The highest BCUT2D eigenvalue weighted by molar-refractivity contribution is 5.63. The number of hydrogen-bond acceptors (Lipinski definition) is 2. The molecule has 1 aromatic heterocycles. The summed E-state index contributed by atoms with van der Waals surface area (Å²) in [6.07, 6.45) is 3.77. The van der Waals surface area contributed by atoms with Gasteiger partial charge in [0.1, 0.15) is 5.82 Å². The lowest BCUT2D eigenvalue weighted by Crippen LogP contribution is -2.21. The molecule has 0 aliphatic carbocycles. The van der Waals surface area contributed by atoms with Gasteiger partial charge in [0.05, 0.1) is 11.7 Å². The molecule has 1 aromatic carbocycles. The van der Waals surface area contributed by atoms with Crippen molar-refractivity contribution in [3.63, 3.8) is 0 Å². The highest BCUT2D eigenvalue weighted by Crippen LogP contribution is 2.26. The number of nitrogens with zero attached hydrogens (tertiary/aromatic N) is 2. The molecule has 0 bridgehead atoms. The second kappa shape index (κ2) is 4.78. The summed E-state index contributed by atoms with van der Waals surface area (Å²) >= 11 is 0. The first-order valence-electron chi connectivity index (χ1n) is 6.39. The Labute approximate surface area is 113 Å². The monoisotopic (exact) mass is 261 g/mol. The molecule has 1 atom stereocenters. The zero-order chi connectivity index (χ0) is 14.2. The Morgan fingerprint density at radius 2 is 1.95 bits per heavy atom. The van der Waals surface area contributed by atoms with Crippen molar-refractivity contribution in [2.24, 2.45) is 5.73 Å². The van der Waals surface area contributed by atoms with Gasteiger partial charge in [0.2, 0.25) is 0 Å². The minimum absolute atomic E-state index is 0.0672. The molecule has 0 aliphatic rings. The molecular weight excluding hydrogens is 241 g/mol. The molecule has 1 heterocycles. The van der Waals surface area contributed by atoms with Crippen LogP contribution in [0, 0.1) is 5.82 Å². The van der Waals surface area contributed by atoms with E-state index in [1.165, 1.54) is 6.07 Å². The fourth-order valence-electron chi connectivity index (χ4n) is 1.91. The third-order valence-corrected chi connectivity index (χ3v) is 3.09. The Hall–Kier alpha value is -1.68. The van der Waals surface area contributed by atoms with E-state index in [-0.39, 0.29) is 17.4 Å². The molecule has 0 amide bonds. The fraction of sp³-hybridized carbons (Fsp3) is 0.400. The van der Waals surface area contributed by atoms with Gasteiger partial charge in [-0.1, -0.05) is 6.07 Å². The van der Waals surface area contributed by atoms with E-state index in [1.54, 1.807) is 25.3 Å². The van der Waals surface area contributed by atoms with E-state index < -0.39 is 0 Å². The van der Waals surface area contributed by atoms with Crippen LogP contribution in [0.25, 0.3) is 11.1 Å². The average molecular weight is 261 g/mol. The number of halogens is 1. The molecule has 2 rings (SSSR count). The number of rotatable bonds is 2. The lowest BCUT2D eigenvalue weighted by molar-refractivity contribution is 0.355. The van der Waals surface area contributed by atoms with Crippen molar-refractivity contribution in [1.82, 2.24) is 9.78 Å². The summed E-state index contributed by atoms with van der Waals surface area (Å²) in [5.74, 6) is -0.262. The predicted molar refractivity (Wildman–Crippen MR) is 75.2 cm³/mol. The van der Waals surface area contributed by atoms with Crippen molar-refractivity contribution in [2.75, 3.05) is 0 Å². The molecule has 3 nitrogen and oxygen atoms in total. The van der Waals surface area contributed by atoms with E-state index >= 15 is 0 Å². The van der Waals surface area contributed by atoms with Crippen LogP contribution in [0.1, 0.15) is 39.3 Å². The molecule has 4 heteroatoms. The molecule has 1 unspecified atom stereocenters. The van der Waals surface area contributed by atoms with E-state index in [0.29, 0.717) is 5.56 Å². The van der Waals surface area contributed by atoms with Crippen molar-refractivity contribution in [2.45, 2.75) is 39.3 Å².